The molecule has 0 saturated heterocycles. The molecule has 0 aromatic heterocycles. The fourth-order valence-electron chi connectivity index (χ4n) is 3.09. The van der Waals surface area contributed by atoms with Crippen molar-refractivity contribution in [2.24, 2.45) is 10.8 Å². The third-order valence-corrected chi connectivity index (χ3v) is 4.67. The molecule has 0 fully saturated rings. The van der Waals surface area contributed by atoms with E-state index in [4.69, 9.17) is 4.74 Å². The van der Waals surface area contributed by atoms with Crippen molar-refractivity contribution in [1.29, 1.82) is 0 Å². The molecule has 0 rings (SSSR count). The molecule has 0 saturated carbocycles. The predicted octanol–water partition coefficient (Wildman–Crippen LogP) is -0.730. The maximum absolute atomic E-state index is 9.25. The Morgan fingerprint density at radius 2 is 0.652 bits per heavy atom. The number of rotatable bonds is 16. The predicted molar refractivity (Wildman–Crippen MR) is 85.9 cm³/mol. The first kappa shape index (κ1) is 22.7. The minimum absolute atomic E-state index is 0.0571. The minimum atomic E-state index is -0.498. The number of ether oxygens (including phenoxy) is 1. The van der Waals surface area contributed by atoms with Gasteiger partial charge in [-0.15, -0.1) is 0 Å². The lowest BCUT2D eigenvalue weighted by Crippen LogP contribution is -2.36. The average Bonchev–Trinajstić information content (AvgIpc) is 2.49. The lowest BCUT2D eigenvalue weighted by atomic mass is 9.78. The minimum Gasteiger partial charge on any atom is -0.396 e. The summed E-state index contributed by atoms with van der Waals surface area (Å²) in [6.45, 7) is 0.183. The van der Waals surface area contributed by atoms with Gasteiger partial charge >= 0.3 is 0 Å². The van der Waals surface area contributed by atoms with Gasteiger partial charge in [0.15, 0.2) is 0 Å². The Hall–Kier alpha value is -0.280. The van der Waals surface area contributed by atoms with Gasteiger partial charge in [-0.05, 0) is 38.5 Å². The molecular formula is C16H34O7. The van der Waals surface area contributed by atoms with E-state index < -0.39 is 10.8 Å². The molecule has 0 atom stereocenters. The van der Waals surface area contributed by atoms with E-state index in [0.717, 1.165) is 0 Å². The van der Waals surface area contributed by atoms with E-state index in [9.17, 15) is 30.6 Å². The lowest BCUT2D eigenvalue weighted by molar-refractivity contribution is -0.0521. The Morgan fingerprint density at radius 1 is 0.435 bits per heavy atom. The van der Waals surface area contributed by atoms with Gasteiger partial charge in [0.1, 0.15) is 0 Å². The van der Waals surface area contributed by atoms with Crippen LogP contribution in [-0.2, 0) is 4.74 Å². The van der Waals surface area contributed by atoms with Crippen LogP contribution in [0.3, 0.4) is 0 Å². The van der Waals surface area contributed by atoms with Gasteiger partial charge in [0, 0.05) is 50.5 Å². The first-order valence-electron chi connectivity index (χ1n) is 8.30. The second kappa shape index (κ2) is 13.1. The molecule has 0 bridgehead atoms. The number of hydrogen-bond donors (Lipinski definition) is 6. The first-order chi connectivity index (χ1) is 11.1. The zero-order chi connectivity index (χ0) is 17.6. The van der Waals surface area contributed by atoms with Crippen molar-refractivity contribution in [3.63, 3.8) is 0 Å². The zero-order valence-corrected chi connectivity index (χ0v) is 14.0. The molecule has 0 aliphatic carbocycles. The van der Waals surface area contributed by atoms with E-state index in [1.54, 1.807) is 0 Å². The van der Waals surface area contributed by atoms with Gasteiger partial charge in [0.05, 0.1) is 13.2 Å². The Labute approximate surface area is 138 Å². The molecule has 6 N–H and O–H groups in total. The summed E-state index contributed by atoms with van der Waals surface area (Å²) in [6, 6.07) is 0. The molecule has 23 heavy (non-hydrogen) atoms. The van der Waals surface area contributed by atoms with E-state index in [-0.39, 0.29) is 52.9 Å². The smallest absolute Gasteiger partial charge is 0.0525 e. The summed E-state index contributed by atoms with van der Waals surface area (Å²) >= 11 is 0. The summed E-state index contributed by atoms with van der Waals surface area (Å²) in [5.74, 6) is 0. The monoisotopic (exact) mass is 338 g/mol. The van der Waals surface area contributed by atoms with Gasteiger partial charge in [0.2, 0.25) is 0 Å². The highest BCUT2D eigenvalue weighted by atomic mass is 16.5. The van der Waals surface area contributed by atoms with E-state index in [2.05, 4.69) is 0 Å². The SMILES string of the molecule is OCCC(CCO)(CCO)COCC(CCO)(CCO)CCO. The molecule has 0 aliphatic heterocycles. The van der Waals surface area contributed by atoms with Gasteiger partial charge < -0.3 is 35.4 Å². The van der Waals surface area contributed by atoms with Gasteiger partial charge in [-0.3, -0.25) is 0 Å². The van der Waals surface area contributed by atoms with Gasteiger partial charge in [-0.2, -0.15) is 0 Å². The summed E-state index contributed by atoms with van der Waals surface area (Å²) in [7, 11) is 0. The number of hydrogen-bond acceptors (Lipinski definition) is 7. The van der Waals surface area contributed by atoms with Crippen LogP contribution < -0.4 is 0 Å². The van der Waals surface area contributed by atoms with Crippen LogP contribution in [0.2, 0.25) is 0 Å². The molecule has 7 heteroatoms. The Kier molecular flexibility index (Phi) is 12.9. The van der Waals surface area contributed by atoms with Crippen molar-refractivity contribution < 1.29 is 35.4 Å². The second-order valence-electron chi connectivity index (χ2n) is 6.33. The molecule has 7 nitrogen and oxygen atoms in total. The van der Waals surface area contributed by atoms with Crippen LogP contribution in [0, 0.1) is 10.8 Å². The summed E-state index contributed by atoms with van der Waals surface area (Å²) in [5, 5.41) is 55.5. The average molecular weight is 338 g/mol. The van der Waals surface area contributed by atoms with Crippen LogP contribution in [0.5, 0.6) is 0 Å². The standard InChI is InChI=1S/C16H34O7/c17-7-1-15(2-8-18,3-9-19)13-23-14-16(4-10-20,5-11-21)6-12-22/h17-22H,1-14H2. The third kappa shape index (κ3) is 8.39. The molecule has 0 aliphatic rings. The summed E-state index contributed by atoms with van der Waals surface area (Å²) in [6.07, 6.45) is 2.51. The van der Waals surface area contributed by atoms with E-state index in [0.29, 0.717) is 38.5 Å². The maximum Gasteiger partial charge on any atom is 0.0525 e. The Balaban J connectivity index is 4.82. The largest absolute Gasteiger partial charge is 0.396 e. The number of aliphatic hydroxyl groups is 6. The lowest BCUT2D eigenvalue weighted by Gasteiger charge is -2.36. The first-order valence-corrected chi connectivity index (χ1v) is 8.30. The molecule has 0 radical (unpaired) electrons. The van der Waals surface area contributed by atoms with Crippen LogP contribution in [-0.4, -0.2) is 83.5 Å². The van der Waals surface area contributed by atoms with Crippen molar-refractivity contribution in [2.75, 3.05) is 52.9 Å². The quantitative estimate of drug-likeness (QED) is 0.219. The van der Waals surface area contributed by atoms with Crippen LogP contribution in [0.15, 0.2) is 0 Å². The topological polar surface area (TPSA) is 131 Å². The molecular weight excluding hydrogens is 304 g/mol. The number of aliphatic hydroxyl groups excluding tert-OH is 6. The molecule has 0 aromatic carbocycles. The molecule has 0 aromatic rings. The van der Waals surface area contributed by atoms with Crippen molar-refractivity contribution >= 4 is 0 Å². The molecule has 0 amide bonds. The Morgan fingerprint density at radius 3 is 0.826 bits per heavy atom. The van der Waals surface area contributed by atoms with Gasteiger partial charge in [0.25, 0.3) is 0 Å². The zero-order valence-electron chi connectivity index (χ0n) is 14.0. The third-order valence-electron chi connectivity index (χ3n) is 4.67. The van der Waals surface area contributed by atoms with Crippen LogP contribution in [0.25, 0.3) is 0 Å². The normalized spacial score (nSPS) is 12.8. The molecule has 0 unspecified atom stereocenters. The molecule has 0 heterocycles. The van der Waals surface area contributed by atoms with Gasteiger partial charge in [-0.1, -0.05) is 0 Å². The van der Waals surface area contributed by atoms with Crippen LogP contribution >= 0.6 is 0 Å². The van der Waals surface area contributed by atoms with Crippen molar-refractivity contribution in [3.8, 4) is 0 Å². The van der Waals surface area contributed by atoms with Crippen molar-refractivity contribution in [3.05, 3.63) is 0 Å². The highest BCUT2D eigenvalue weighted by Gasteiger charge is 2.33. The van der Waals surface area contributed by atoms with Crippen molar-refractivity contribution in [1.82, 2.24) is 0 Å². The highest BCUT2D eigenvalue weighted by molar-refractivity contribution is 4.82. The molecule has 0 spiro atoms. The maximum atomic E-state index is 9.25. The molecule has 140 valence electrons. The van der Waals surface area contributed by atoms with E-state index in [1.807, 2.05) is 0 Å². The highest BCUT2D eigenvalue weighted by Crippen LogP contribution is 2.34. The van der Waals surface area contributed by atoms with Crippen LogP contribution in [0.4, 0.5) is 0 Å². The summed E-state index contributed by atoms with van der Waals surface area (Å²) in [4.78, 5) is 0. The summed E-state index contributed by atoms with van der Waals surface area (Å²) < 4.78 is 5.81. The fourth-order valence-corrected chi connectivity index (χ4v) is 3.09. The Bertz CT molecular complexity index is 213. The second-order valence-corrected chi connectivity index (χ2v) is 6.33. The fraction of sp³-hybridized carbons (Fsp3) is 1.00. The van der Waals surface area contributed by atoms with E-state index >= 15 is 0 Å². The van der Waals surface area contributed by atoms with Crippen molar-refractivity contribution in [2.45, 2.75) is 38.5 Å². The van der Waals surface area contributed by atoms with Gasteiger partial charge in [-0.25, -0.2) is 0 Å². The van der Waals surface area contributed by atoms with E-state index in [1.165, 1.54) is 0 Å². The summed E-state index contributed by atoms with van der Waals surface area (Å²) in [5.41, 5.74) is -0.997. The van der Waals surface area contributed by atoms with Crippen LogP contribution in [0.1, 0.15) is 38.5 Å².